The van der Waals surface area contributed by atoms with Crippen LogP contribution in [0, 0.1) is 13.8 Å². The number of aromatic nitrogens is 2. The zero-order valence-electron chi connectivity index (χ0n) is 20.0. The second-order valence-corrected chi connectivity index (χ2v) is 7.82. The predicted molar refractivity (Wildman–Crippen MR) is 130 cm³/mol. The van der Waals surface area contributed by atoms with Gasteiger partial charge in [0.05, 0.1) is 26.5 Å². The second kappa shape index (κ2) is 11.7. The number of carbonyl (C=O) groups excluding carboxylic acids is 1. The Morgan fingerprint density at radius 1 is 1.06 bits per heavy atom. The summed E-state index contributed by atoms with van der Waals surface area (Å²) in [4.78, 5) is 17.2. The maximum absolute atomic E-state index is 12.1. The van der Waals surface area contributed by atoms with Crippen LogP contribution >= 0.6 is 0 Å². The summed E-state index contributed by atoms with van der Waals surface area (Å²) in [7, 11) is 3.18. The molecule has 0 spiro atoms. The standard InChI is InChI=1S/C25H31N5O4/c1-17-12-18(2)30(28-17)15-20-6-5-7-21(13-20)25(26)29-34-16-24(31)27-11-10-19-8-9-22(32-3)23(14-19)33-4/h5-9,12-14H,10-11,15-16H2,1-4H3,(H2,26,29)(H,27,31). The molecule has 0 unspecified atom stereocenters. The van der Waals surface area contributed by atoms with Crippen LogP contribution in [0.5, 0.6) is 11.5 Å². The van der Waals surface area contributed by atoms with Crippen molar-refractivity contribution in [3.05, 3.63) is 76.6 Å². The van der Waals surface area contributed by atoms with E-state index >= 15 is 0 Å². The molecule has 34 heavy (non-hydrogen) atoms. The van der Waals surface area contributed by atoms with Crippen LogP contribution in [0.4, 0.5) is 0 Å². The number of nitrogens with two attached hydrogens (primary N) is 1. The van der Waals surface area contributed by atoms with Crippen LogP contribution in [0.3, 0.4) is 0 Å². The van der Waals surface area contributed by atoms with Crippen LogP contribution in [-0.4, -0.2) is 48.9 Å². The predicted octanol–water partition coefficient (Wildman–Crippen LogP) is 2.56. The third-order valence-electron chi connectivity index (χ3n) is 5.20. The number of hydrogen-bond acceptors (Lipinski definition) is 6. The van der Waals surface area contributed by atoms with E-state index in [4.69, 9.17) is 20.0 Å². The van der Waals surface area contributed by atoms with Gasteiger partial charge in [-0.05, 0) is 55.7 Å². The minimum atomic E-state index is -0.282. The minimum Gasteiger partial charge on any atom is -0.493 e. The van der Waals surface area contributed by atoms with E-state index in [1.807, 2.05) is 67.1 Å². The first-order chi connectivity index (χ1) is 16.4. The van der Waals surface area contributed by atoms with Crippen LogP contribution in [0.2, 0.25) is 0 Å². The SMILES string of the molecule is COc1ccc(CCNC(=O)CO/N=C(/N)c2cccc(Cn3nc(C)cc3C)c2)cc1OC. The van der Waals surface area contributed by atoms with Crippen molar-refractivity contribution in [3.8, 4) is 11.5 Å². The van der Waals surface area contributed by atoms with Crippen LogP contribution < -0.4 is 20.5 Å². The average Bonchev–Trinajstić information content (AvgIpc) is 3.15. The maximum Gasteiger partial charge on any atom is 0.260 e. The number of hydrogen-bond donors (Lipinski definition) is 2. The molecule has 0 atom stereocenters. The normalized spacial score (nSPS) is 11.2. The molecular weight excluding hydrogens is 434 g/mol. The first kappa shape index (κ1) is 24.6. The van der Waals surface area contributed by atoms with Crippen LogP contribution in [0.15, 0.2) is 53.7 Å². The number of amidine groups is 1. The molecule has 0 saturated carbocycles. The molecule has 3 rings (SSSR count). The fraction of sp³-hybridized carbons (Fsp3) is 0.320. The molecule has 3 N–H and O–H groups in total. The Labute approximate surface area is 199 Å². The smallest absolute Gasteiger partial charge is 0.260 e. The van der Waals surface area contributed by atoms with Gasteiger partial charge in [0.1, 0.15) is 0 Å². The number of methoxy groups -OCH3 is 2. The summed E-state index contributed by atoms with van der Waals surface area (Å²) in [5.41, 5.74) is 10.9. The monoisotopic (exact) mass is 465 g/mol. The van der Waals surface area contributed by atoms with E-state index in [0.717, 1.165) is 22.5 Å². The lowest BCUT2D eigenvalue weighted by Gasteiger charge is -2.10. The van der Waals surface area contributed by atoms with Crippen molar-refractivity contribution in [1.82, 2.24) is 15.1 Å². The van der Waals surface area contributed by atoms with Gasteiger partial charge in [-0.15, -0.1) is 0 Å². The van der Waals surface area contributed by atoms with Gasteiger partial charge in [0.15, 0.2) is 23.9 Å². The molecule has 0 radical (unpaired) electrons. The quantitative estimate of drug-likeness (QED) is 0.256. The van der Waals surface area contributed by atoms with Crippen molar-refractivity contribution in [2.45, 2.75) is 26.8 Å². The molecule has 9 heteroatoms. The Morgan fingerprint density at radius 2 is 1.85 bits per heavy atom. The van der Waals surface area contributed by atoms with E-state index in [2.05, 4.69) is 15.6 Å². The molecule has 1 heterocycles. The number of nitrogens with zero attached hydrogens (tertiary/aromatic N) is 3. The van der Waals surface area contributed by atoms with E-state index in [9.17, 15) is 4.79 Å². The average molecular weight is 466 g/mol. The van der Waals surface area contributed by atoms with Gasteiger partial charge < -0.3 is 25.4 Å². The highest BCUT2D eigenvalue weighted by Crippen LogP contribution is 2.27. The number of ether oxygens (including phenoxy) is 2. The third kappa shape index (κ3) is 6.74. The van der Waals surface area contributed by atoms with Crippen molar-refractivity contribution in [2.75, 3.05) is 27.4 Å². The number of nitrogens with one attached hydrogen (secondary N) is 1. The fourth-order valence-corrected chi connectivity index (χ4v) is 3.48. The molecular formula is C25H31N5O4. The summed E-state index contributed by atoms with van der Waals surface area (Å²) in [6.07, 6.45) is 0.638. The summed E-state index contributed by atoms with van der Waals surface area (Å²) in [5.74, 6) is 1.23. The van der Waals surface area contributed by atoms with Crippen LogP contribution in [-0.2, 0) is 22.6 Å². The highest BCUT2D eigenvalue weighted by Gasteiger charge is 2.08. The van der Waals surface area contributed by atoms with E-state index in [1.165, 1.54) is 0 Å². The molecule has 3 aromatic rings. The summed E-state index contributed by atoms with van der Waals surface area (Å²) < 4.78 is 12.5. The van der Waals surface area contributed by atoms with Gasteiger partial charge in [0.2, 0.25) is 0 Å². The molecule has 180 valence electrons. The minimum absolute atomic E-state index is 0.202. The van der Waals surface area contributed by atoms with Gasteiger partial charge in [-0.1, -0.05) is 29.4 Å². The van der Waals surface area contributed by atoms with Gasteiger partial charge >= 0.3 is 0 Å². The van der Waals surface area contributed by atoms with Crippen molar-refractivity contribution in [1.29, 1.82) is 0 Å². The molecule has 9 nitrogen and oxygen atoms in total. The highest BCUT2D eigenvalue weighted by molar-refractivity contribution is 5.97. The van der Waals surface area contributed by atoms with E-state index in [0.29, 0.717) is 36.6 Å². The van der Waals surface area contributed by atoms with E-state index in [-0.39, 0.29) is 18.3 Å². The number of oxime groups is 1. The lowest BCUT2D eigenvalue weighted by Crippen LogP contribution is -2.29. The van der Waals surface area contributed by atoms with Crippen LogP contribution in [0.1, 0.15) is 28.1 Å². The molecule has 0 aliphatic rings. The van der Waals surface area contributed by atoms with E-state index in [1.54, 1.807) is 14.2 Å². The zero-order valence-corrected chi connectivity index (χ0v) is 20.0. The molecule has 1 amide bonds. The first-order valence-electron chi connectivity index (χ1n) is 10.9. The van der Waals surface area contributed by atoms with Crippen molar-refractivity contribution in [3.63, 3.8) is 0 Å². The second-order valence-electron chi connectivity index (χ2n) is 7.82. The number of amides is 1. The summed E-state index contributed by atoms with van der Waals surface area (Å²) in [6, 6.07) is 15.4. The number of aryl methyl sites for hydroxylation is 2. The Hall–Kier alpha value is -4.01. The number of rotatable bonds is 11. The Bertz CT molecular complexity index is 1160. The Balaban J connectivity index is 1.46. The van der Waals surface area contributed by atoms with Gasteiger partial charge in [0, 0.05) is 17.8 Å². The van der Waals surface area contributed by atoms with Gasteiger partial charge in [-0.25, -0.2) is 0 Å². The van der Waals surface area contributed by atoms with Gasteiger partial charge in [-0.3, -0.25) is 9.48 Å². The van der Waals surface area contributed by atoms with Crippen molar-refractivity contribution >= 4 is 11.7 Å². The molecule has 0 fully saturated rings. The van der Waals surface area contributed by atoms with Gasteiger partial charge in [0.25, 0.3) is 5.91 Å². The topological polar surface area (TPSA) is 113 Å². The number of carbonyl (C=O) groups is 1. The largest absolute Gasteiger partial charge is 0.493 e. The zero-order chi connectivity index (χ0) is 24.5. The molecule has 0 aliphatic carbocycles. The molecule has 2 aromatic carbocycles. The highest BCUT2D eigenvalue weighted by atomic mass is 16.6. The van der Waals surface area contributed by atoms with Crippen LogP contribution in [0.25, 0.3) is 0 Å². The van der Waals surface area contributed by atoms with E-state index < -0.39 is 0 Å². The first-order valence-corrected chi connectivity index (χ1v) is 10.9. The molecule has 1 aromatic heterocycles. The molecule has 0 aliphatic heterocycles. The lowest BCUT2D eigenvalue weighted by molar-refractivity contribution is -0.125. The number of benzene rings is 2. The lowest BCUT2D eigenvalue weighted by atomic mass is 10.1. The van der Waals surface area contributed by atoms with Crippen molar-refractivity contribution < 1.29 is 19.1 Å². The maximum atomic E-state index is 12.1. The van der Waals surface area contributed by atoms with Crippen molar-refractivity contribution in [2.24, 2.45) is 10.9 Å². The fourth-order valence-electron chi connectivity index (χ4n) is 3.48. The Kier molecular flexibility index (Phi) is 8.50. The summed E-state index contributed by atoms with van der Waals surface area (Å²) in [5, 5.41) is 11.2. The van der Waals surface area contributed by atoms with Gasteiger partial charge in [-0.2, -0.15) is 5.10 Å². The molecule has 0 saturated heterocycles. The summed E-state index contributed by atoms with van der Waals surface area (Å²) >= 11 is 0. The molecule has 0 bridgehead atoms. The Morgan fingerprint density at radius 3 is 2.56 bits per heavy atom. The summed E-state index contributed by atoms with van der Waals surface area (Å²) in [6.45, 7) is 4.84. The third-order valence-corrected chi connectivity index (χ3v) is 5.20.